The fourth-order valence-corrected chi connectivity index (χ4v) is 2.91. The smallest absolute Gasteiger partial charge is 0.224 e. The molecule has 0 radical (unpaired) electrons. The highest BCUT2D eigenvalue weighted by Crippen LogP contribution is 2.37. The van der Waals surface area contributed by atoms with Crippen molar-refractivity contribution in [2.24, 2.45) is 5.92 Å². The number of rotatable bonds is 5. The van der Waals surface area contributed by atoms with E-state index in [1.165, 1.54) is 0 Å². The molecule has 22 heavy (non-hydrogen) atoms. The van der Waals surface area contributed by atoms with Crippen LogP contribution >= 0.6 is 28.3 Å². The molecule has 0 bridgehead atoms. The van der Waals surface area contributed by atoms with Gasteiger partial charge in [0.15, 0.2) is 11.5 Å². The predicted molar refractivity (Wildman–Crippen MR) is 92.0 cm³/mol. The van der Waals surface area contributed by atoms with Gasteiger partial charge < -0.3 is 20.1 Å². The minimum atomic E-state index is -0.109. The van der Waals surface area contributed by atoms with Crippen LogP contribution in [0.15, 0.2) is 16.6 Å². The molecular formula is C15H22BrClN2O3. The molecule has 2 rings (SSSR count). The van der Waals surface area contributed by atoms with Crippen LogP contribution in [-0.4, -0.2) is 32.7 Å². The van der Waals surface area contributed by atoms with Crippen molar-refractivity contribution in [3.05, 3.63) is 22.2 Å². The first-order chi connectivity index (χ1) is 10.0. The van der Waals surface area contributed by atoms with E-state index in [-0.39, 0.29) is 30.3 Å². The second-order valence-electron chi connectivity index (χ2n) is 5.21. The van der Waals surface area contributed by atoms with Gasteiger partial charge in [0.05, 0.1) is 6.04 Å². The molecule has 1 aromatic carbocycles. The Morgan fingerprint density at radius 1 is 1.27 bits per heavy atom. The summed E-state index contributed by atoms with van der Waals surface area (Å²) in [6.07, 6.45) is 0. The van der Waals surface area contributed by atoms with Crippen LogP contribution in [0, 0.1) is 5.92 Å². The molecule has 2 unspecified atom stereocenters. The van der Waals surface area contributed by atoms with E-state index < -0.39 is 0 Å². The quantitative estimate of drug-likeness (QED) is 0.807. The summed E-state index contributed by atoms with van der Waals surface area (Å²) in [5.41, 5.74) is 0.976. The molecule has 1 aliphatic heterocycles. The molecule has 5 nitrogen and oxygen atoms in total. The van der Waals surface area contributed by atoms with Crippen LogP contribution in [0.3, 0.4) is 0 Å². The minimum absolute atomic E-state index is 0. The van der Waals surface area contributed by atoms with E-state index >= 15 is 0 Å². The van der Waals surface area contributed by atoms with Crippen LogP contribution in [0.5, 0.6) is 11.5 Å². The van der Waals surface area contributed by atoms with Crippen molar-refractivity contribution >= 4 is 34.2 Å². The van der Waals surface area contributed by atoms with Gasteiger partial charge in [-0.1, -0.05) is 22.9 Å². The van der Waals surface area contributed by atoms with Crippen molar-refractivity contribution in [2.45, 2.75) is 19.9 Å². The number of hydrogen-bond donors (Lipinski definition) is 2. The van der Waals surface area contributed by atoms with Gasteiger partial charge in [0.1, 0.15) is 13.2 Å². The highest BCUT2D eigenvalue weighted by Gasteiger charge is 2.20. The van der Waals surface area contributed by atoms with Gasteiger partial charge in [-0.25, -0.2) is 0 Å². The molecule has 1 aromatic rings. The summed E-state index contributed by atoms with van der Waals surface area (Å²) < 4.78 is 12.0. The summed E-state index contributed by atoms with van der Waals surface area (Å²) in [5.74, 6) is 1.41. The summed E-state index contributed by atoms with van der Waals surface area (Å²) in [5, 5.41) is 6.03. The largest absolute Gasteiger partial charge is 0.486 e. The first-order valence-electron chi connectivity index (χ1n) is 7.07. The lowest BCUT2D eigenvalue weighted by atomic mass is 10.1. The molecular weight excluding hydrogens is 372 g/mol. The molecule has 0 saturated carbocycles. The van der Waals surface area contributed by atoms with Gasteiger partial charge in [0.25, 0.3) is 0 Å². The molecule has 2 atom stereocenters. The Bertz CT molecular complexity index is 528. The summed E-state index contributed by atoms with van der Waals surface area (Å²) in [6, 6.07) is 3.71. The first-order valence-corrected chi connectivity index (χ1v) is 7.86. The lowest BCUT2D eigenvalue weighted by Gasteiger charge is -2.23. The van der Waals surface area contributed by atoms with Crippen LogP contribution in [0.25, 0.3) is 0 Å². The maximum Gasteiger partial charge on any atom is 0.224 e. The number of nitrogens with one attached hydrogen (secondary N) is 2. The number of ether oxygens (including phenoxy) is 2. The van der Waals surface area contributed by atoms with Gasteiger partial charge in [-0.3, -0.25) is 4.79 Å². The van der Waals surface area contributed by atoms with E-state index in [1.807, 2.05) is 33.0 Å². The van der Waals surface area contributed by atoms with E-state index in [1.54, 1.807) is 0 Å². The summed E-state index contributed by atoms with van der Waals surface area (Å²) in [6.45, 7) is 5.62. The van der Waals surface area contributed by atoms with Crippen LogP contribution in [0.1, 0.15) is 25.5 Å². The normalized spacial score (nSPS) is 15.5. The average Bonchev–Trinajstić information content (AvgIpc) is 2.46. The van der Waals surface area contributed by atoms with E-state index in [2.05, 4.69) is 26.6 Å². The van der Waals surface area contributed by atoms with Gasteiger partial charge in [0.2, 0.25) is 5.91 Å². The molecule has 1 aliphatic rings. The van der Waals surface area contributed by atoms with E-state index in [0.717, 1.165) is 21.5 Å². The Hall–Kier alpha value is -0.980. The number of carbonyl (C=O) groups excluding carboxylic acids is 1. The summed E-state index contributed by atoms with van der Waals surface area (Å²) in [7, 11) is 1.84. The standard InChI is InChI=1S/C15H21BrN2O3.ClH/c1-9(8-17-3)15(19)18-10(2)11-6-13-14(7-12(11)16)21-5-4-20-13;/h6-7,9-10,17H,4-5,8H2,1-3H3,(H,18,19);1H. The lowest BCUT2D eigenvalue weighted by molar-refractivity contribution is -0.125. The van der Waals surface area contributed by atoms with Crippen molar-refractivity contribution < 1.29 is 14.3 Å². The second kappa shape index (κ2) is 8.60. The number of halogens is 2. The zero-order valence-electron chi connectivity index (χ0n) is 12.9. The SMILES string of the molecule is CNCC(C)C(=O)NC(C)c1cc2c(cc1Br)OCCO2.Cl. The fraction of sp³-hybridized carbons (Fsp3) is 0.533. The first kappa shape index (κ1) is 19.1. The third-order valence-electron chi connectivity index (χ3n) is 3.44. The van der Waals surface area contributed by atoms with Crippen molar-refractivity contribution in [2.75, 3.05) is 26.8 Å². The molecule has 7 heteroatoms. The van der Waals surface area contributed by atoms with Crippen LogP contribution in [0.2, 0.25) is 0 Å². The van der Waals surface area contributed by atoms with Crippen molar-refractivity contribution in [1.29, 1.82) is 0 Å². The number of fused-ring (bicyclic) bond motifs is 1. The highest BCUT2D eigenvalue weighted by atomic mass is 79.9. The van der Waals surface area contributed by atoms with Gasteiger partial charge in [-0.2, -0.15) is 0 Å². The van der Waals surface area contributed by atoms with Crippen molar-refractivity contribution in [3.63, 3.8) is 0 Å². The Labute approximate surface area is 145 Å². The fourth-order valence-electron chi connectivity index (χ4n) is 2.24. The van der Waals surface area contributed by atoms with Gasteiger partial charge in [0, 0.05) is 16.9 Å². The molecule has 2 N–H and O–H groups in total. The highest BCUT2D eigenvalue weighted by molar-refractivity contribution is 9.10. The molecule has 1 heterocycles. The molecule has 0 aromatic heterocycles. The zero-order valence-corrected chi connectivity index (χ0v) is 15.3. The molecule has 1 amide bonds. The Morgan fingerprint density at radius 2 is 1.86 bits per heavy atom. The summed E-state index contributed by atoms with van der Waals surface area (Å²) in [4.78, 5) is 12.1. The Morgan fingerprint density at radius 3 is 2.45 bits per heavy atom. The third kappa shape index (κ3) is 4.51. The number of hydrogen-bond acceptors (Lipinski definition) is 4. The van der Waals surface area contributed by atoms with Crippen LogP contribution in [-0.2, 0) is 4.79 Å². The number of carbonyl (C=O) groups is 1. The monoisotopic (exact) mass is 392 g/mol. The zero-order chi connectivity index (χ0) is 15.4. The van der Waals surface area contributed by atoms with Crippen LogP contribution < -0.4 is 20.1 Å². The van der Waals surface area contributed by atoms with E-state index in [0.29, 0.717) is 19.8 Å². The van der Waals surface area contributed by atoms with E-state index in [9.17, 15) is 4.79 Å². The molecule has 0 aliphatic carbocycles. The maximum absolute atomic E-state index is 12.1. The average molecular weight is 394 g/mol. The minimum Gasteiger partial charge on any atom is -0.486 e. The predicted octanol–water partition coefficient (Wildman–Crippen LogP) is 2.67. The van der Waals surface area contributed by atoms with Crippen molar-refractivity contribution in [1.82, 2.24) is 10.6 Å². The molecule has 124 valence electrons. The van der Waals surface area contributed by atoms with E-state index in [4.69, 9.17) is 9.47 Å². The molecule has 0 spiro atoms. The molecule has 0 saturated heterocycles. The second-order valence-corrected chi connectivity index (χ2v) is 6.06. The lowest BCUT2D eigenvalue weighted by Crippen LogP contribution is -2.35. The third-order valence-corrected chi connectivity index (χ3v) is 4.13. The maximum atomic E-state index is 12.1. The van der Waals surface area contributed by atoms with Gasteiger partial charge >= 0.3 is 0 Å². The Kier molecular flexibility index (Phi) is 7.45. The topological polar surface area (TPSA) is 59.6 Å². The Balaban J connectivity index is 0.00000242. The number of amides is 1. The molecule has 0 fully saturated rings. The van der Waals surface area contributed by atoms with Gasteiger partial charge in [-0.05, 0) is 31.7 Å². The van der Waals surface area contributed by atoms with Crippen molar-refractivity contribution in [3.8, 4) is 11.5 Å². The van der Waals surface area contributed by atoms with Gasteiger partial charge in [-0.15, -0.1) is 12.4 Å². The number of benzene rings is 1. The van der Waals surface area contributed by atoms with Crippen LogP contribution in [0.4, 0.5) is 0 Å². The summed E-state index contributed by atoms with van der Waals surface area (Å²) >= 11 is 3.53.